The van der Waals surface area contributed by atoms with Gasteiger partial charge in [0.15, 0.2) is 0 Å². The number of benzene rings is 4. The fourth-order valence-corrected chi connectivity index (χ4v) is 4.78. The molecular weight excluding hydrogens is 424 g/mol. The van der Waals surface area contributed by atoms with Crippen LogP contribution in [0.4, 0.5) is 0 Å². The summed E-state index contributed by atoms with van der Waals surface area (Å²) >= 11 is 0. The number of aromatic nitrogens is 2. The third-order valence-electron chi connectivity index (χ3n) is 6.65. The first-order valence-corrected chi connectivity index (χ1v) is 12.5. The highest BCUT2D eigenvalue weighted by atomic mass is 15.1. The molecule has 2 nitrogen and oxygen atoms in total. The summed E-state index contributed by atoms with van der Waals surface area (Å²) in [7, 11) is 0. The molecule has 4 aromatic carbocycles. The number of hydrogen-bond acceptors (Lipinski definition) is 1. The minimum absolute atomic E-state index is 0.372. The molecule has 0 unspecified atom stereocenters. The molecule has 5 aromatic rings. The lowest BCUT2D eigenvalue weighted by Gasteiger charge is -2.24. The Hall–Kier alpha value is -3.91. The van der Waals surface area contributed by atoms with E-state index >= 15 is 0 Å². The van der Waals surface area contributed by atoms with Crippen LogP contribution in [0.2, 0.25) is 0 Å². The Kier molecular flexibility index (Phi) is 6.37. The van der Waals surface area contributed by atoms with Gasteiger partial charge in [0, 0.05) is 18.0 Å². The second-order valence-corrected chi connectivity index (χ2v) is 9.74. The molecule has 0 amide bonds. The lowest BCUT2D eigenvalue weighted by molar-refractivity contribution is 0.807. The van der Waals surface area contributed by atoms with Gasteiger partial charge >= 0.3 is 0 Å². The van der Waals surface area contributed by atoms with E-state index in [1.165, 1.54) is 39.1 Å². The van der Waals surface area contributed by atoms with Crippen molar-refractivity contribution >= 4 is 0 Å². The summed E-state index contributed by atoms with van der Waals surface area (Å²) < 4.78 is 2.28. The largest absolute Gasteiger partial charge is 0.299 e. The first-order chi connectivity index (χ1) is 17.0. The van der Waals surface area contributed by atoms with E-state index in [2.05, 4.69) is 129 Å². The van der Waals surface area contributed by atoms with Crippen molar-refractivity contribution in [2.24, 2.45) is 0 Å². The molecule has 174 valence electrons. The highest BCUT2D eigenvalue weighted by molar-refractivity contribution is 5.74. The molecule has 0 saturated heterocycles. The highest BCUT2D eigenvalue weighted by Crippen LogP contribution is 2.38. The normalized spacial score (nSPS) is 11.4. The molecule has 0 aliphatic carbocycles. The van der Waals surface area contributed by atoms with Gasteiger partial charge in [-0.3, -0.25) is 4.57 Å². The number of hydrogen-bond donors (Lipinski definition) is 0. The molecule has 1 aromatic heterocycles. The molecule has 1 heterocycles. The average Bonchev–Trinajstić information content (AvgIpc) is 3.38. The summed E-state index contributed by atoms with van der Waals surface area (Å²) in [6.07, 6.45) is 4.01. The quantitative estimate of drug-likeness (QED) is 0.249. The second-order valence-electron chi connectivity index (χ2n) is 9.74. The van der Waals surface area contributed by atoms with E-state index in [0.29, 0.717) is 11.8 Å². The van der Waals surface area contributed by atoms with E-state index < -0.39 is 0 Å². The molecule has 0 atom stereocenters. The van der Waals surface area contributed by atoms with Crippen molar-refractivity contribution in [3.05, 3.63) is 121 Å². The highest BCUT2D eigenvalue weighted by Gasteiger charge is 2.20. The van der Waals surface area contributed by atoms with Crippen LogP contribution in [0.1, 0.15) is 50.7 Å². The smallest absolute Gasteiger partial charge is 0.144 e. The Morgan fingerprint density at radius 2 is 1.00 bits per heavy atom. The van der Waals surface area contributed by atoms with Crippen LogP contribution in [0.5, 0.6) is 0 Å². The van der Waals surface area contributed by atoms with Crippen molar-refractivity contribution in [1.82, 2.24) is 9.55 Å². The minimum atomic E-state index is 0.372. The van der Waals surface area contributed by atoms with E-state index in [9.17, 15) is 0 Å². The van der Waals surface area contributed by atoms with Gasteiger partial charge in [0.05, 0.1) is 5.69 Å². The van der Waals surface area contributed by atoms with Gasteiger partial charge in [0.25, 0.3) is 0 Å². The van der Waals surface area contributed by atoms with Gasteiger partial charge in [0.2, 0.25) is 0 Å². The van der Waals surface area contributed by atoms with Crippen molar-refractivity contribution in [3.63, 3.8) is 0 Å². The van der Waals surface area contributed by atoms with Crippen LogP contribution in [0.15, 0.2) is 109 Å². The summed E-state index contributed by atoms with van der Waals surface area (Å²) in [5, 5.41) is 0. The summed E-state index contributed by atoms with van der Waals surface area (Å²) in [4.78, 5) is 4.75. The topological polar surface area (TPSA) is 17.8 Å². The fraction of sp³-hybridized carbons (Fsp3) is 0.182. The standard InChI is InChI=1S/C33H32N2/c1-23(2)30-21-29(27-17-15-26(16-18-27)25-11-7-5-8-12-25)22-31(24(3)4)32(30)35-20-19-34-33(35)28-13-9-6-10-14-28/h5-24H,1-4H3. The zero-order valence-electron chi connectivity index (χ0n) is 20.9. The van der Waals surface area contributed by atoms with Crippen LogP contribution in [0, 0.1) is 0 Å². The predicted molar refractivity (Wildman–Crippen MR) is 148 cm³/mol. The predicted octanol–water partition coefficient (Wildman–Crippen LogP) is 9.12. The zero-order valence-corrected chi connectivity index (χ0v) is 20.9. The maximum Gasteiger partial charge on any atom is 0.144 e. The van der Waals surface area contributed by atoms with E-state index in [1.54, 1.807) is 0 Å². The van der Waals surface area contributed by atoms with Crippen LogP contribution in [0.3, 0.4) is 0 Å². The van der Waals surface area contributed by atoms with Crippen LogP contribution >= 0.6 is 0 Å². The summed E-state index contributed by atoms with van der Waals surface area (Å²) in [6.45, 7) is 9.13. The van der Waals surface area contributed by atoms with Gasteiger partial charge in [-0.1, -0.05) is 113 Å². The Labute approximate surface area is 208 Å². The van der Waals surface area contributed by atoms with Crippen molar-refractivity contribution in [1.29, 1.82) is 0 Å². The summed E-state index contributed by atoms with van der Waals surface area (Å²) in [6, 6.07) is 34.7. The molecule has 0 radical (unpaired) electrons. The van der Waals surface area contributed by atoms with Gasteiger partial charge in [0.1, 0.15) is 5.82 Å². The van der Waals surface area contributed by atoms with Crippen LogP contribution < -0.4 is 0 Å². The lowest BCUT2D eigenvalue weighted by atomic mass is 9.88. The number of nitrogens with zero attached hydrogens (tertiary/aromatic N) is 2. The minimum Gasteiger partial charge on any atom is -0.299 e. The Balaban J connectivity index is 1.65. The van der Waals surface area contributed by atoms with Crippen molar-refractivity contribution in [2.45, 2.75) is 39.5 Å². The van der Waals surface area contributed by atoms with Gasteiger partial charge in [-0.15, -0.1) is 0 Å². The molecule has 0 aliphatic rings. The second kappa shape index (κ2) is 9.76. The molecule has 0 saturated carbocycles. The first-order valence-electron chi connectivity index (χ1n) is 12.5. The molecule has 5 rings (SSSR count). The Morgan fingerprint density at radius 1 is 0.543 bits per heavy atom. The maximum atomic E-state index is 4.75. The van der Waals surface area contributed by atoms with Gasteiger partial charge in [-0.2, -0.15) is 0 Å². The SMILES string of the molecule is CC(C)c1cc(-c2ccc(-c3ccccc3)cc2)cc(C(C)C)c1-n1ccnc1-c1ccccc1. The van der Waals surface area contributed by atoms with E-state index in [1.807, 2.05) is 12.3 Å². The molecule has 0 N–H and O–H groups in total. The fourth-order valence-electron chi connectivity index (χ4n) is 4.78. The molecule has 0 aliphatic heterocycles. The zero-order chi connectivity index (χ0) is 24.4. The van der Waals surface area contributed by atoms with Crippen molar-refractivity contribution in [3.8, 4) is 39.3 Å². The third kappa shape index (κ3) is 4.57. The molecule has 2 heteroatoms. The Bertz CT molecular complexity index is 1380. The van der Waals surface area contributed by atoms with E-state index in [0.717, 1.165) is 11.4 Å². The maximum absolute atomic E-state index is 4.75. The van der Waals surface area contributed by atoms with Crippen LogP contribution in [-0.4, -0.2) is 9.55 Å². The van der Waals surface area contributed by atoms with Crippen LogP contribution in [0.25, 0.3) is 39.3 Å². The molecule has 0 fully saturated rings. The number of imidazole rings is 1. The van der Waals surface area contributed by atoms with Crippen molar-refractivity contribution in [2.75, 3.05) is 0 Å². The van der Waals surface area contributed by atoms with Gasteiger partial charge in [-0.05, 0) is 57.3 Å². The molecule has 0 spiro atoms. The average molecular weight is 457 g/mol. The van der Waals surface area contributed by atoms with Crippen LogP contribution in [-0.2, 0) is 0 Å². The molecule has 35 heavy (non-hydrogen) atoms. The van der Waals surface area contributed by atoms with E-state index in [4.69, 9.17) is 4.98 Å². The molecule has 0 bridgehead atoms. The lowest BCUT2D eigenvalue weighted by Crippen LogP contribution is -2.08. The third-order valence-corrected chi connectivity index (χ3v) is 6.65. The first kappa shape index (κ1) is 22.9. The van der Waals surface area contributed by atoms with Gasteiger partial charge in [-0.25, -0.2) is 4.98 Å². The van der Waals surface area contributed by atoms with Gasteiger partial charge < -0.3 is 0 Å². The summed E-state index contributed by atoms with van der Waals surface area (Å²) in [5.74, 6) is 1.73. The molecular formula is C33H32N2. The van der Waals surface area contributed by atoms with E-state index in [-0.39, 0.29) is 0 Å². The summed E-state index contributed by atoms with van der Waals surface area (Å²) in [5.41, 5.74) is 10.1. The number of rotatable bonds is 6. The Morgan fingerprint density at radius 3 is 1.51 bits per heavy atom. The van der Waals surface area contributed by atoms with Crippen molar-refractivity contribution < 1.29 is 0 Å². The monoisotopic (exact) mass is 456 g/mol.